The van der Waals surface area contributed by atoms with Crippen LogP contribution < -0.4 is 4.90 Å². The SMILES string of the molecule is O=C(c1cc(-c2ccc(F)c(F)c2)nc2ccc(F)cc12)N1c2ccccc2C=CC1CO. The lowest BCUT2D eigenvalue weighted by Crippen LogP contribution is -2.43. The van der Waals surface area contributed by atoms with Gasteiger partial charge in [0.05, 0.1) is 35.1 Å². The number of benzene rings is 3. The fourth-order valence-electron chi connectivity index (χ4n) is 4.04. The third kappa shape index (κ3) is 3.66. The van der Waals surface area contributed by atoms with Crippen molar-refractivity contribution in [2.24, 2.45) is 0 Å². The third-order valence-corrected chi connectivity index (χ3v) is 5.65. The first-order valence-electron chi connectivity index (χ1n) is 10.2. The van der Waals surface area contributed by atoms with Crippen molar-refractivity contribution in [2.45, 2.75) is 6.04 Å². The van der Waals surface area contributed by atoms with Gasteiger partial charge in [-0.15, -0.1) is 0 Å². The lowest BCUT2D eigenvalue weighted by Gasteiger charge is -2.33. The second-order valence-corrected chi connectivity index (χ2v) is 7.69. The first kappa shape index (κ1) is 20.9. The Balaban J connectivity index is 1.72. The molecule has 3 aromatic carbocycles. The predicted octanol–water partition coefficient (Wildman–Crippen LogP) is 5.35. The fraction of sp³-hybridized carbons (Fsp3) is 0.0769. The van der Waals surface area contributed by atoms with E-state index in [-0.39, 0.29) is 28.8 Å². The molecule has 2 heterocycles. The van der Waals surface area contributed by atoms with Crippen LogP contribution in [-0.2, 0) is 0 Å². The Morgan fingerprint density at radius 3 is 2.58 bits per heavy atom. The summed E-state index contributed by atoms with van der Waals surface area (Å²) in [6.45, 7) is -0.315. The average molecular weight is 446 g/mol. The molecule has 0 radical (unpaired) electrons. The van der Waals surface area contributed by atoms with Crippen LogP contribution in [0.5, 0.6) is 0 Å². The molecule has 0 spiro atoms. The second-order valence-electron chi connectivity index (χ2n) is 7.69. The summed E-state index contributed by atoms with van der Waals surface area (Å²) in [4.78, 5) is 19.7. The number of para-hydroxylation sites is 1. The summed E-state index contributed by atoms with van der Waals surface area (Å²) in [5.74, 6) is -3.07. The molecule has 1 aliphatic heterocycles. The van der Waals surface area contributed by atoms with Gasteiger partial charge in [-0.25, -0.2) is 18.2 Å². The number of hydrogen-bond donors (Lipinski definition) is 1. The number of amides is 1. The van der Waals surface area contributed by atoms with Crippen LogP contribution in [0.1, 0.15) is 15.9 Å². The van der Waals surface area contributed by atoms with Crippen molar-refractivity contribution in [3.8, 4) is 11.3 Å². The number of carbonyl (C=O) groups is 1. The number of carbonyl (C=O) groups excluding carboxylic acids is 1. The average Bonchev–Trinajstić information content (AvgIpc) is 2.84. The number of halogens is 3. The number of hydrogen-bond acceptors (Lipinski definition) is 3. The molecule has 1 N–H and O–H groups in total. The maximum atomic E-state index is 14.1. The molecule has 7 heteroatoms. The highest BCUT2D eigenvalue weighted by atomic mass is 19.2. The third-order valence-electron chi connectivity index (χ3n) is 5.65. The Morgan fingerprint density at radius 2 is 1.79 bits per heavy atom. The molecule has 4 nitrogen and oxygen atoms in total. The number of rotatable bonds is 3. The van der Waals surface area contributed by atoms with Gasteiger partial charge >= 0.3 is 0 Å². The maximum Gasteiger partial charge on any atom is 0.259 e. The smallest absolute Gasteiger partial charge is 0.259 e. The van der Waals surface area contributed by atoms with Gasteiger partial charge in [0.25, 0.3) is 5.91 Å². The Bertz CT molecular complexity index is 1430. The maximum absolute atomic E-state index is 14.1. The standard InChI is InChI=1S/C26H17F3N2O2/c27-17-7-10-23-19(12-17)20(13-24(30-23)16-6-9-21(28)22(29)11-16)26(33)31-18(14-32)8-5-15-3-1-2-4-25(15)31/h1-13,18,32H,14H2. The van der Waals surface area contributed by atoms with Gasteiger partial charge in [-0.05, 0) is 54.1 Å². The van der Waals surface area contributed by atoms with Crippen LogP contribution >= 0.6 is 0 Å². The van der Waals surface area contributed by atoms with Crippen LogP contribution in [0.2, 0.25) is 0 Å². The number of aliphatic hydroxyl groups excluding tert-OH is 1. The minimum absolute atomic E-state index is 0.128. The molecule has 5 rings (SSSR count). The van der Waals surface area contributed by atoms with Crippen LogP contribution in [0.25, 0.3) is 28.2 Å². The van der Waals surface area contributed by atoms with E-state index in [1.165, 1.54) is 35.2 Å². The number of nitrogens with zero attached hydrogens (tertiary/aromatic N) is 2. The zero-order valence-corrected chi connectivity index (χ0v) is 17.2. The Labute approximate surface area is 187 Å². The lowest BCUT2D eigenvalue weighted by molar-refractivity contribution is 0.0972. The lowest BCUT2D eigenvalue weighted by atomic mass is 9.99. The molecule has 164 valence electrons. The predicted molar refractivity (Wildman–Crippen MR) is 120 cm³/mol. The van der Waals surface area contributed by atoms with E-state index in [9.17, 15) is 23.1 Å². The molecule has 1 aliphatic rings. The number of aliphatic hydroxyl groups is 1. The number of anilines is 1. The van der Waals surface area contributed by atoms with Crippen LogP contribution in [-0.4, -0.2) is 28.6 Å². The molecule has 0 saturated heterocycles. The highest BCUT2D eigenvalue weighted by Gasteiger charge is 2.30. The Kier molecular flexibility index (Phi) is 5.18. The zero-order chi connectivity index (χ0) is 23.1. The summed E-state index contributed by atoms with van der Waals surface area (Å²) >= 11 is 0. The molecule has 1 amide bonds. The van der Waals surface area contributed by atoms with Gasteiger partial charge in [0.15, 0.2) is 11.6 Å². The Morgan fingerprint density at radius 1 is 0.970 bits per heavy atom. The van der Waals surface area contributed by atoms with Crippen molar-refractivity contribution in [3.05, 3.63) is 101 Å². The van der Waals surface area contributed by atoms with Crippen molar-refractivity contribution >= 4 is 28.6 Å². The van der Waals surface area contributed by atoms with Crippen LogP contribution in [0, 0.1) is 17.5 Å². The van der Waals surface area contributed by atoms with Gasteiger partial charge < -0.3 is 5.11 Å². The van der Waals surface area contributed by atoms with Crippen molar-refractivity contribution in [1.82, 2.24) is 4.98 Å². The molecule has 4 aromatic rings. The quantitative estimate of drug-likeness (QED) is 0.461. The summed E-state index contributed by atoms with van der Waals surface area (Å²) in [6, 6.07) is 15.2. The van der Waals surface area contributed by atoms with Gasteiger partial charge in [0.2, 0.25) is 0 Å². The summed E-state index contributed by atoms with van der Waals surface area (Å²) in [6.07, 6.45) is 3.55. The van der Waals surface area contributed by atoms with Crippen molar-refractivity contribution < 1.29 is 23.1 Å². The van der Waals surface area contributed by atoms with Gasteiger partial charge in [-0.2, -0.15) is 0 Å². The highest BCUT2D eigenvalue weighted by Crippen LogP contribution is 2.33. The van der Waals surface area contributed by atoms with Gasteiger partial charge in [0.1, 0.15) is 5.82 Å². The van der Waals surface area contributed by atoms with E-state index in [1.807, 2.05) is 18.2 Å². The van der Waals surface area contributed by atoms with E-state index in [1.54, 1.807) is 18.2 Å². The van der Waals surface area contributed by atoms with Crippen molar-refractivity contribution in [1.29, 1.82) is 0 Å². The molecule has 0 saturated carbocycles. The monoisotopic (exact) mass is 446 g/mol. The molecule has 0 fully saturated rings. The van der Waals surface area contributed by atoms with E-state index in [4.69, 9.17) is 0 Å². The summed E-state index contributed by atoms with van der Waals surface area (Å²) in [7, 11) is 0. The number of fused-ring (bicyclic) bond motifs is 2. The molecule has 0 aliphatic carbocycles. The van der Waals surface area contributed by atoms with E-state index in [0.717, 1.165) is 17.7 Å². The van der Waals surface area contributed by atoms with Crippen LogP contribution in [0.3, 0.4) is 0 Å². The van der Waals surface area contributed by atoms with Crippen molar-refractivity contribution in [3.63, 3.8) is 0 Å². The number of pyridine rings is 1. The van der Waals surface area contributed by atoms with Crippen LogP contribution in [0.4, 0.5) is 18.9 Å². The summed E-state index contributed by atoms with van der Waals surface area (Å²) < 4.78 is 41.5. The second kappa shape index (κ2) is 8.18. The fourth-order valence-corrected chi connectivity index (χ4v) is 4.04. The normalized spacial score (nSPS) is 15.0. The van der Waals surface area contributed by atoms with Gasteiger partial charge in [0, 0.05) is 10.9 Å². The molecular weight excluding hydrogens is 429 g/mol. The van der Waals surface area contributed by atoms with Gasteiger partial charge in [-0.1, -0.05) is 30.4 Å². The van der Waals surface area contributed by atoms with E-state index >= 15 is 0 Å². The minimum atomic E-state index is -1.04. The van der Waals surface area contributed by atoms with E-state index < -0.39 is 29.4 Å². The Hall–Kier alpha value is -3.97. The molecule has 1 atom stereocenters. The molecular formula is C26H17F3N2O2. The zero-order valence-electron chi connectivity index (χ0n) is 17.2. The summed E-state index contributed by atoms with van der Waals surface area (Å²) in [5.41, 5.74) is 2.34. The molecule has 1 unspecified atom stereocenters. The van der Waals surface area contributed by atoms with Crippen LogP contribution in [0.15, 0.2) is 72.8 Å². The van der Waals surface area contributed by atoms with E-state index in [0.29, 0.717) is 11.2 Å². The summed E-state index contributed by atoms with van der Waals surface area (Å²) in [5, 5.41) is 10.2. The van der Waals surface area contributed by atoms with E-state index in [2.05, 4.69) is 4.98 Å². The largest absolute Gasteiger partial charge is 0.394 e. The number of aromatic nitrogens is 1. The first-order valence-corrected chi connectivity index (χ1v) is 10.2. The topological polar surface area (TPSA) is 53.4 Å². The molecule has 33 heavy (non-hydrogen) atoms. The highest BCUT2D eigenvalue weighted by molar-refractivity contribution is 6.15. The molecule has 0 bridgehead atoms. The minimum Gasteiger partial charge on any atom is -0.394 e. The van der Waals surface area contributed by atoms with Crippen molar-refractivity contribution in [2.75, 3.05) is 11.5 Å². The van der Waals surface area contributed by atoms with Gasteiger partial charge in [-0.3, -0.25) is 9.69 Å². The molecule has 1 aromatic heterocycles. The first-order chi connectivity index (χ1) is 16.0.